The third kappa shape index (κ3) is 6.35. The lowest BCUT2D eigenvalue weighted by Crippen LogP contribution is -2.28. The summed E-state index contributed by atoms with van der Waals surface area (Å²) in [5, 5.41) is 6.39. The molecule has 4 heterocycles. The van der Waals surface area contributed by atoms with Crippen molar-refractivity contribution in [2.24, 2.45) is 0 Å². The molecule has 0 spiro atoms. The highest BCUT2D eigenvalue weighted by atomic mass is 32.1. The molecule has 16 rings (SSSR count). The van der Waals surface area contributed by atoms with Gasteiger partial charge >= 0.3 is 0 Å². The second-order valence-electron chi connectivity index (χ2n) is 19.7. The van der Waals surface area contributed by atoms with Crippen molar-refractivity contribution in [3.8, 4) is 67.5 Å². The van der Waals surface area contributed by atoms with Crippen LogP contribution in [-0.2, 0) is 5.41 Å². The summed E-state index contributed by atoms with van der Waals surface area (Å²) in [6, 6.07) is 88.8. The molecular weight excluding hydrogens is 947 g/mol. The van der Waals surface area contributed by atoms with Crippen LogP contribution in [0.2, 0.25) is 0 Å². The van der Waals surface area contributed by atoms with E-state index in [0.29, 0.717) is 17.5 Å². The maximum Gasteiger partial charge on any atom is 0.164 e. The number of thiophene rings is 1. The van der Waals surface area contributed by atoms with Crippen LogP contribution in [0.3, 0.4) is 0 Å². The van der Waals surface area contributed by atoms with E-state index in [4.69, 9.17) is 23.8 Å². The number of rotatable bonds is 7. The van der Waals surface area contributed by atoms with Gasteiger partial charge in [-0.3, -0.25) is 0 Å². The highest BCUT2D eigenvalue weighted by molar-refractivity contribution is 7.25. The minimum absolute atomic E-state index is 0.465. The second kappa shape index (κ2) is 16.6. The molecule has 4 aromatic heterocycles. The van der Waals surface area contributed by atoms with Crippen LogP contribution in [0.1, 0.15) is 22.3 Å². The van der Waals surface area contributed by atoms with Gasteiger partial charge in [-0.05, 0) is 98.1 Å². The van der Waals surface area contributed by atoms with Gasteiger partial charge < -0.3 is 8.83 Å². The van der Waals surface area contributed by atoms with E-state index in [-0.39, 0.29) is 0 Å². The molecule has 0 aliphatic heterocycles. The Labute approximate surface area is 440 Å². The Balaban J connectivity index is 0.835. The lowest BCUT2D eigenvalue weighted by molar-refractivity contribution is 0.668. The number of fused-ring (bicyclic) bond motifs is 12. The first-order chi connectivity index (χ1) is 37.7. The van der Waals surface area contributed by atoms with Crippen molar-refractivity contribution in [1.82, 2.24) is 15.0 Å². The maximum atomic E-state index is 6.65. The van der Waals surface area contributed by atoms with Crippen LogP contribution in [0.25, 0.3) is 132 Å². The van der Waals surface area contributed by atoms with Gasteiger partial charge in [0.1, 0.15) is 22.3 Å². The second-order valence-corrected chi connectivity index (χ2v) is 20.8. The Morgan fingerprint density at radius 1 is 0.303 bits per heavy atom. The Bertz CT molecular complexity index is 4780. The summed E-state index contributed by atoms with van der Waals surface area (Å²) in [5.41, 5.74) is 17.6. The standard InChI is InChI=1S/C70H41N3O2S/c1-3-16-46(17-4-1)70(47-18-5-2-6-19-47)56-26-10-7-21-51(56)64-48(23-13-27-57(64)70)43-34-32-42(33-35-43)44-37-39-59-55(40-44)66-54(25-15-30-61(66)75-59)69-72-67(45-36-38-50-49-20-9-12-31-62(49)76-63(50)41-45)71-68(73-69)53-24-14-29-60-65(53)52-22-8-11-28-58(52)74-60/h1-41H. The maximum absolute atomic E-state index is 6.65. The molecule has 354 valence electrons. The molecule has 0 bridgehead atoms. The summed E-state index contributed by atoms with van der Waals surface area (Å²) in [6.07, 6.45) is 0. The van der Waals surface area contributed by atoms with Crippen molar-refractivity contribution in [3.63, 3.8) is 0 Å². The van der Waals surface area contributed by atoms with E-state index in [1.54, 1.807) is 11.3 Å². The Kier molecular flexibility index (Phi) is 9.35. The van der Waals surface area contributed by atoms with Crippen LogP contribution in [0, 0.1) is 0 Å². The zero-order chi connectivity index (χ0) is 49.9. The summed E-state index contributed by atoms with van der Waals surface area (Å²) < 4.78 is 15.5. The smallest absolute Gasteiger partial charge is 0.164 e. The van der Waals surface area contributed by atoms with E-state index in [9.17, 15) is 0 Å². The first-order valence-electron chi connectivity index (χ1n) is 25.6. The Morgan fingerprint density at radius 3 is 1.57 bits per heavy atom. The van der Waals surface area contributed by atoms with E-state index >= 15 is 0 Å². The molecule has 0 amide bonds. The summed E-state index contributed by atoms with van der Waals surface area (Å²) in [5.74, 6) is 1.72. The molecule has 0 atom stereocenters. The molecule has 6 heteroatoms. The number of nitrogens with zero attached hydrogens (tertiary/aromatic N) is 3. The Hall–Kier alpha value is -9.75. The van der Waals surface area contributed by atoms with Crippen LogP contribution in [0.5, 0.6) is 0 Å². The largest absolute Gasteiger partial charge is 0.456 e. The molecule has 76 heavy (non-hydrogen) atoms. The average Bonchev–Trinajstić information content (AvgIpc) is 4.39. The van der Waals surface area contributed by atoms with Gasteiger partial charge in [-0.2, -0.15) is 0 Å². The predicted octanol–water partition coefficient (Wildman–Crippen LogP) is 18.7. The van der Waals surface area contributed by atoms with Crippen LogP contribution in [0.15, 0.2) is 258 Å². The first-order valence-corrected chi connectivity index (χ1v) is 26.5. The molecule has 5 nitrogen and oxygen atoms in total. The predicted molar refractivity (Wildman–Crippen MR) is 312 cm³/mol. The minimum Gasteiger partial charge on any atom is -0.456 e. The van der Waals surface area contributed by atoms with Crippen LogP contribution in [-0.4, -0.2) is 15.0 Å². The van der Waals surface area contributed by atoms with Crippen molar-refractivity contribution in [2.45, 2.75) is 5.41 Å². The van der Waals surface area contributed by atoms with E-state index in [1.165, 1.54) is 59.1 Å². The molecule has 1 aliphatic rings. The summed E-state index contributed by atoms with van der Waals surface area (Å²) >= 11 is 1.78. The van der Waals surface area contributed by atoms with Crippen molar-refractivity contribution in [3.05, 3.63) is 271 Å². The van der Waals surface area contributed by atoms with Gasteiger partial charge in [0.15, 0.2) is 17.5 Å². The number of benzene rings is 11. The number of furan rings is 2. The molecule has 0 fully saturated rings. The van der Waals surface area contributed by atoms with Gasteiger partial charge in [-0.1, -0.05) is 206 Å². The van der Waals surface area contributed by atoms with Gasteiger partial charge in [0.05, 0.1) is 5.41 Å². The third-order valence-corrected chi connectivity index (χ3v) is 16.8. The number of hydrogen-bond acceptors (Lipinski definition) is 6. The molecule has 0 saturated carbocycles. The molecule has 0 radical (unpaired) electrons. The fourth-order valence-corrected chi connectivity index (χ4v) is 13.5. The summed E-state index contributed by atoms with van der Waals surface area (Å²) in [4.78, 5) is 16.0. The van der Waals surface area contributed by atoms with E-state index < -0.39 is 5.41 Å². The van der Waals surface area contributed by atoms with Gasteiger partial charge in [0.2, 0.25) is 0 Å². The number of aromatic nitrogens is 3. The highest BCUT2D eigenvalue weighted by Crippen LogP contribution is 2.58. The summed E-state index contributed by atoms with van der Waals surface area (Å²) in [7, 11) is 0. The van der Waals surface area contributed by atoms with E-state index in [0.717, 1.165) is 77.3 Å². The molecular formula is C70H41N3O2S. The van der Waals surface area contributed by atoms with Gasteiger partial charge in [-0.25, -0.2) is 15.0 Å². The van der Waals surface area contributed by atoms with E-state index in [1.807, 2.05) is 42.5 Å². The zero-order valence-electron chi connectivity index (χ0n) is 40.7. The molecule has 0 unspecified atom stereocenters. The molecule has 0 N–H and O–H groups in total. The third-order valence-electron chi connectivity index (χ3n) is 15.7. The Morgan fingerprint density at radius 2 is 0.816 bits per heavy atom. The van der Waals surface area contributed by atoms with Crippen molar-refractivity contribution >= 4 is 75.4 Å². The molecule has 1 aliphatic carbocycles. The van der Waals surface area contributed by atoms with Crippen molar-refractivity contribution < 1.29 is 8.83 Å². The summed E-state index contributed by atoms with van der Waals surface area (Å²) in [6.45, 7) is 0. The van der Waals surface area contributed by atoms with Gasteiger partial charge in [-0.15, -0.1) is 11.3 Å². The lowest BCUT2D eigenvalue weighted by atomic mass is 9.67. The highest BCUT2D eigenvalue weighted by Gasteiger charge is 2.46. The van der Waals surface area contributed by atoms with Crippen LogP contribution < -0.4 is 0 Å². The quantitative estimate of drug-likeness (QED) is 0.159. The fourth-order valence-electron chi connectivity index (χ4n) is 12.3. The van der Waals surface area contributed by atoms with Gasteiger partial charge in [0.25, 0.3) is 0 Å². The average molecular weight is 988 g/mol. The van der Waals surface area contributed by atoms with E-state index in [2.05, 4.69) is 206 Å². The molecule has 15 aromatic rings. The SMILES string of the molecule is c1ccc(C2(c3ccccc3)c3ccccc3-c3c(-c4ccc(-c5ccc6oc7cccc(-c8nc(-c9ccc%10c(c9)sc9ccccc9%10)nc(-c9cccc%10oc%11ccccc%11c9%10)n8)c7c6c5)cc4)cccc32)cc1. The fraction of sp³-hybridized carbons (Fsp3) is 0.0143. The lowest BCUT2D eigenvalue weighted by Gasteiger charge is -2.34. The van der Waals surface area contributed by atoms with Crippen LogP contribution >= 0.6 is 11.3 Å². The monoisotopic (exact) mass is 987 g/mol. The number of hydrogen-bond donors (Lipinski definition) is 0. The first kappa shape index (κ1) is 42.7. The van der Waals surface area contributed by atoms with Crippen molar-refractivity contribution in [2.75, 3.05) is 0 Å². The zero-order valence-corrected chi connectivity index (χ0v) is 41.6. The molecule has 0 saturated heterocycles. The van der Waals surface area contributed by atoms with Gasteiger partial charge in [0, 0.05) is 58.4 Å². The minimum atomic E-state index is -0.465. The topological polar surface area (TPSA) is 65.0 Å². The van der Waals surface area contributed by atoms with Crippen molar-refractivity contribution in [1.29, 1.82) is 0 Å². The normalized spacial score (nSPS) is 12.8. The van der Waals surface area contributed by atoms with Crippen LogP contribution in [0.4, 0.5) is 0 Å². The molecule has 11 aromatic carbocycles. The number of para-hydroxylation sites is 1.